The Kier molecular flexibility index (Phi) is 6.00. The highest BCUT2D eigenvalue weighted by Crippen LogP contribution is 2.28. The molecule has 1 aromatic carbocycles. The van der Waals surface area contributed by atoms with Crippen LogP contribution in [0.25, 0.3) is 12.2 Å². The predicted octanol–water partition coefficient (Wildman–Crippen LogP) is 0.458. The molecule has 0 saturated heterocycles. The van der Waals surface area contributed by atoms with Crippen LogP contribution in [-0.2, 0) is 13.5 Å². The number of rotatable bonds is 3. The Bertz CT molecular complexity index is 647. The third-order valence-corrected chi connectivity index (χ3v) is 4.17. The Morgan fingerprint density at radius 3 is 2.55 bits per heavy atom. The smallest absolute Gasteiger partial charge is 0.169 e. The third kappa shape index (κ3) is 3.88. The van der Waals surface area contributed by atoms with Crippen molar-refractivity contribution in [2.75, 3.05) is 18.0 Å². The standard InChI is InChI=1S/C19H23N2.HI/c1-3-21-12-4-5-18-15-17(8-9-19(18)21)7-6-16-10-13-20(2)14-11-16;/h6-11,13-15H,3-5,12H2,1-2H3;1H/q+1;/p-1. The van der Waals surface area contributed by atoms with Gasteiger partial charge in [-0.05, 0) is 48.6 Å². The van der Waals surface area contributed by atoms with Crippen molar-refractivity contribution in [1.82, 2.24) is 0 Å². The van der Waals surface area contributed by atoms with Gasteiger partial charge in [0.15, 0.2) is 12.4 Å². The maximum absolute atomic E-state index is 2.48. The number of hydrogen-bond donors (Lipinski definition) is 0. The monoisotopic (exact) mass is 406 g/mol. The molecule has 22 heavy (non-hydrogen) atoms. The molecule has 2 nitrogen and oxygen atoms in total. The summed E-state index contributed by atoms with van der Waals surface area (Å²) in [6.07, 6.45) is 11.0. The van der Waals surface area contributed by atoms with E-state index in [1.54, 1.807) is 0 Å². The van der Waals surface area contributed by atoms with E-state index in [2.05, 4.69) is 71.3 Å². The summed E-state index contributed by atoms with van der Waals surface area (Å²) in [5.41, 5.74) is 5.44. The number of nitrogens with zero attached hydrogens (tertiary/aromatic N) is 2. The van der Waals surface area contributed by atoms with E-state index < -0.39 is 0 Å². The second-order valence-corrected chi connectivity index (χ2v) is 5.70. The van der Waals surface area contributed by atoms with Gasteiger partial charge in [-0.1, -0.05) is 18.2 Å². The first-order chi connectivity index (χ1) is 10.3. The fourth-order valence-corrected chi connectivity index (χ4v) is 2.94. The van der Waals surface area contributed by atoms with Crippen molar-refractivity contribution in [2.45, 2.75) is 19.8 Å². The minimum absolute atomic E-state index is 0. The number of fused-ring (bicyclic) bond motifs is 1. The first-order valence-corrected chi connectivity index (χ1v) is 7.77. The highest BCUT2D eigenvalue weighted by Gasteiger charge is 2.14. The van der Waals surface area contributed by atoms with E-state index in [9.17, 15) is 0 Å². The maximum atomic E-state index is 2.48. The zero-order valence-electron chi connectivity index (χ0n) is 13.3. The lowest BCUT2D eigenvalue weighted by Gasteiger charge is -2.30. The summed E-state index contributed by atoms with van der Waals surface area (Å²) in [5, 5.41) is 0. The molecule has 1 aromatic heterocycles. The van der Waals surface area contributed by atoms with Crippen LogP contribution in [0.3, 0.4) is 0 Å². The quantitative estimate of drug-likeness (QED) is 0.531. The average molecular weight is 406 g/mol. The van der Waals surface area contributed by atoms with Crippen LogP contribution in [0.15, 0.2) is 42.7 Å². The van der Waals surface area contributed by atoms with Gasteiger partial charge in [-0.3, -0.25) is 0 Å². The van der Waals surface area contributed by atoms with Crippen molar-refractivity contribution in [1.29, 1.82) is 0 Å². The average Bonchev–Trinajstić information content (AvgIpc) is 2.53. The zero-order chi connectivity index (χ0) is 14.7. The number of pyridine rings is 1. The van der Waals surface area contributed by atoms with Gasteiger partial charge in [0.05, 0.1) is 0 Å². The molecule has 0 spiro atoms. The largest absolute Gasteiger partial charge is 1.00 e. The van der Waals surface area contributed by atoms with Crippen LogP contribution in [0.5, 0.6) is 0 Å². The fourth-order valence-electron chi connectivity index (χ4n) is 2.94. The lowest BCUT2D eigenvalue weighted by Crippen LogP contribution is -3.00. The number of aryl methyl sites for hydroxylation is 2. The van der Waals surface area contributed by atoms with Gasteiger partial charge in [0, 0.05) is 30.9 Å². The number of hydrogen-bond acceptors (Lipinski definition) is 1. The molecular weight excluding hydrogens is 383 g/mol. The molecule has 0 N–H and O–H groups in total. The fraction of sp³-hybridized carbons (Fsp3) is 0.316. The molecule has 0 bridgehead atoms. The second kappa shape index (κ2) is 7.77. The Morgan fingerprint density at radius 1 is 1.09 bits per heavy atom. The topological polar surface area (TPSA) is 7.12 Å². The van der Waals surface area contributed by atoms with Crippen molar-refractivity contribution < 1.29 is 28.5 Å². The maximum Gasteiger partial charge on any atom is 0.169 e. The molecular formula is C19H23IN2. The molecule has 2 heterocycles. The summed E-state index contributed by atoms with van der Waals surface area (Å²) < 4.78 is 2.05. The molecule has 1 aliphatic heterocycles. The second-order valence-electron chi connectivity index (χ2n) is 5.70. The van der Waals surface area contributed by atoms with E-state index in [-0.39, 0.29) is 24.0 Å². The summed E-state index contributed by atoms with van der Waals surface area (Å²) in [5.74, 6) is 0. The van der Waals surface area contributed by atoms with Gasteiger partial charge in [-0.15, -0.1) is 0 Å². The van der Waals surface area contributed by atoms with Crippen molar-refractivity contribution in [3.8, 4) is 0 Å². The zero-order valence-corrected chi connectivity index (χ0v) is 15.5. The van der Waals surface area contributed by atoms with Crippen LogP contribution in [0.4, 0.5) is 5.69 Å². The van der Waals surface area contributed by atoms with Gasteiger partial charge in [0.25, 0.3) is 0 Å². The van der Waals surface area contributed by atoms with Crippen molar-refractivity contribution in [2.24, 2.45) is 7.05 Å². The van der Waals surface area contributed by atoms with Gasteiger partial charge >= 0.3 is 0 Å². The minimum Gasteiger partial charge on any atom is -1.00 e. The van der Waals surface area contributed by atoms with Gasteiger partial charge < -0.3 is 28.9 Å². The Labute approximate surface area is 150 Å². The molecule has 0 fully saturated rings. The molecule has 0 radical (unpaired) electrons. The predicted molar refractivity (Wildman–Crippen MR) is 89.2 cm³/mol. The molecule has 3 heteroatoms. The van der Waals surface area contributed by atoms with Crippen LogP contribution in [-0.4, -0.2) is 13.1 Å². The van der Waals surface area contributed by atoms with Gasteiger partial charge in [0.1, 0.15) is 7.05 Å². The van der Waals surface area contributed by atoms with Crippen molar-refractivity contribution in [3.05, 3.63) is 59.4 Å². The van der Waals surface area contributed by atoms with Crippen LogP contribution >= 0.6 is 0 Å². The first kappa shape index (κ1) is 17.0. The number of anilines is 1. The van der Waals surface area contributed by atoms with E-state index in [1.165, 1.54) is 41.8 Å². The summed E-state index contributed by atoms with van der Waals surface area (Å²) in [7, 11) is 2.04. The van der Waals surface area contributed by atoms with Gasteiger partial charge in [-0.2, -0.15) is 0 Å². The molecule has 0 amide bonds. The molecule has 0 aliphatic carbocycles. The highest BCUT2D eigenvalue weighted by molar-refractivity contribution is 5.71. The number of benzene rings is 1. The van der Waals surface area contributed by atoms with E-state index in [0.29, 0.717) is 0 Å². The third-order valence-electron chi connectivity index (χ3n) is 4.17. The van der Waals surface area contributed by atoms with Crippen LogP contribution in [0.1, 0.15) is 30.0 Å². The van der Waals surface area contributed by atoms with Crippen LogP contribution < -0.4 is 33.4 Å². The summed E-state index contributed by atoms with van der Waals surface area (Å²) >= 11 is 0. The molecule has 3 rings (SSSR count). The SMILES string of the molecule is CCN1CCCc2cc(/C=C/c3cc[n+](C)cc3)ccc21.[I-]. The van der Waals surface area contributed by atoms with E-state index in [4.69, 9.17) is 0 Å². The molecule has 116 valence electrons. The molecule has 2 aromatic rings. The lowest BCUT2D eigenvalue weighted by molar-refractivity contribution is -0.671. The van der Waals surface area contributed by atoms with E-state index >= 15 is 0 Å². The summed E-state index contributed by atoms with van der Waals surface area (Å²) in [6, 6.07) is 11.1. The number of halogens is 1. The van der Waals surface area contributed by atoms with Gasteiger partial charge in [-0.25, -0.2) is 4.57 Å². The van der Waals surface area contributed by atoms with Crippen LogP contribution in [0.2, 0.25) is 0 Å². The molecule has 0 atom stereocenters. The van der Waals surface area contributed by atoms with Crippen molar-refractivity contribution in [3.63, 3.8) is 0 Å². The summed E-state index contributed by atoms with van der Waals surface area (Å²) in [6.45, 7) is 4.53. The van der Waals surface area contributed by atoms with Crippen molar-refractivity contribution >= 4 is 17.8 Å². The Balaban J connectivity index is 0.00000176. The Hall–Kier alpha value is -1.36. The normalized spacial score (nSPS) is 13.8. The Morgan fingerprint density at radius 2 is 1.82 bits per heavy atom. The molecule has 1 aliphatic rings. The van der Waals surface area contributed by atoms with E-state index in [0.717, 1.165) is 6.54 Å². The first-order valence-electron chi connectivity index (χ1n) is 7.77. The number of aromatic nitrogens is 1. The molecule has 0 unspecified atom stereocenters. The van der Waals surface area contributed by atoms with E-state index in [1.807, 2.05) is 7.05 Å². The molecule has 0 saturated carbocycles. The van der Waals surface area contributed by atoms with Crippen LogP contribution in [0, 0.1) is 0 Å². The minimum atomic E-state index is 0. The highest BCUT2D eigenvalue weighted by atomic mass is 127. The lowest BCUT2D eigenvalue weighted by atomic mass is 9.99. The van der Waals surface area contributed by atoms with Gasteiger partial charge in [0.2, 0.25) is 0 Å². The summed E-state index contributed by atoms with van der Waals surface area (Å²) in [4.78, 5) is 2.48.